The number of carbonyl (C=O) groups excluding carboxylic acids is 1. The maximum Gasteiger partial charge on any atom is 0.265 e. The normalized spacial score (nSPS) is 10.6. The first-order chi connectivity index (χ1) is 6.45. The van der Waals surface area contributed by atoms with Gasteiger partial charge in [0.25, 0.3) is 17.2 Å². The topological polar surface area (TPSA) is 49.9 Å². The number of pyridine rings is 1. The summed E-state index contributed by atoms with van der Waals surface area (Å²) in [6, 6.07) is 0. The third-order valence-corrected chi connectivity index (χ3v) is 2.78. The molecule has 0 unspecified atom stereocenters. The Morgan fingerprint density at radius 3 is 2.57 bits per heavy atom. The van der Waals surface area contributed by atoms with Crippen molar-refractivity contribution >= 4 is 39.4 Å². The van der Waals surface area contributed by atoms with Crippen LogP contribution in [0.4, 0.5) is 8.78 Å². The fraction of sp³-hybridized carbons (Fsp3) is 0.143. The van der Waals surface area contributed by atoms with Gasteiger partial charge in [-0.25, -0.2) is 8.78 Å². The maximum absolute atomic E-state index is 12.5. The minimum atomic E-state index is -2.90. The molecule has 0 spiro atoms. The van der Waals surface area contributed by atoms with Gasteiger partial charge in [-0.1, -0.05) is 0 Å². The van der Waals surface area contributed by atoms with Gasteiger partial charge in [-0.15, -0.1) is 0 Å². The van der Waals surface area contributed by atoms with E-state index >= 15 is 0 Å². The number of alkyl halides is 2. The lowest BCUT2D eigenvalue weighted by Crippen LogP contribution is -2.16. The van der Waals surface area contributed by atoms with Crippen LogP contribution in [0.1, 0.15) is 22.3 Å². The van der Waals surface area contributed by atoms with E-state index in [9.17, 15) is 18.4 Å². The van der Waals surface area contributed by atoms with Crippen LogP contribution in [0.2, 0.25) is 0 Å². The number of halogens is 4. The smallest absolute Gasteiger partial charge is 0.265 e. The fourth-order valence-corrected chi connectivity index (χ4v) is 1.73. The first-order valence-corrected chi connectivity index (χ1v) is 4.80. The van der Waals surface area contributed by atoms with Gasteiger partial charge >= 0.3 is 0 Å². The highest BCUT2D eigenvalue weighted by Crippen LogP contribution is 2.26. The maximum atomic E-state index is 12.5. The van der Waals surface area contributed by atoms with Gasteiger partial charge in [-0.3, -0.25) is 9.59 Å². The van der Waals surface area contributed by atoms with E-state index in [4.69, 9.17) is 11.6 Å². The van der Waals surface area contributed by atoms with Gasteiger partial charge < -0.3 is 4.98 Å². The summed E-state index contributed by atoms with van der Waals surface area (Å²) < 4.78 is 24.7. The Kier molecular flexibility index (Phi) is 3.59. The SMILES string of the molecule is O=C(Cl)c1c[nH]c(=O)c(I)c1C(F)F. The van der Waals surface area contributed by atoms with E-state index in [1.54, 1.807) is 0 Å². The van der Waals surface area contributed by atoms with E-state index in [2.05, 4.69) is 4.98 Å². The first kappa shape index (κ1) is 11.6. The van der Waals surface area contributed by atoms with E-state index in [0.29, 0.717) is 0 Å². The Morgan fingerprint density at radius 2 is 2.14 bits per heavy atom. The molecule has 1 N–H and O–H groups in total. The average molecular weight is 333 g/mol. The van der Waals surface area contributed by atoms with Crippen LogP contribution in [0, 0.1) is 3.57 Å². The van der Waals surface area contributed by atoms with E-state index in [-0.39, 0.29) is 9.13 Å². The van der Waals surface area contributed by atoms with Crippen molar-refractivity contribution in [2.45, 2.75) is 6.43 Å². The number of aromatic amines is 1. The average Bonchev–Trinajstić information content (AvgIpc) is 2.08. The van der Waals surface area contributed by atoms with E-state index in [1.807, 2.05) is 0 Å². The molecule has 0 bridgehead atoms. The van der Waals surface area contributed by atoms with Gasteiger partial charge in [0.15, 0.2) is 0 Å². The Bertz CT molecular complexity index is 432. The van der Waals surface area contributed by atoms with Crippen LogP contribution >= 0.6 is 34.2 Å². The van der Waals surface area contributed by atoms with Crippen molar-refractivity contribution in [2.75, 3.05) is 0 Å². The zero-order valence-corrected chi connectivity index (χ0v) is 9.40. The monoisotopic (exact) mass is 333 g/mol. The summed E-state index contributed by atoms with van der Waals surface area (Å²) in [6.45, 7) is 0. The summed E-state index contributed by atoms with van der Waals surface area (Å²) in [4.78, 5) is 23.9. The van der Waals surface area contributed by atoms with E-state index in [0.717, 1.165) is 6.20 Å². The van der Waals surface area contributed by atoms with Crippen molar-refractivity contribution < 1.29 is 13.6 Å². The molecule has 7 heteroatoms. The molecular weight excluding hydrogens is 330 g/mol. The molecule has 1 rings (SSSR count). The third kappa shape index (κ3) is 2.11. The second-order valence-electron chi connectivity index (χ2n) is 2.33. The summed E-state index contributed by atoms with van der Waals surface area (Å²) in [6.07, 6.45) is -2.01. The van der Waals surface area contributed by atoms with Gasteiger partial charge in [0.05, 0.1) is 14.7 Å². The number of hydrogen-bond donors (Lipinski definition) is 1. The predicted molar refractivity (Wildman–Crippen MR) is 54.9 cm³/mol. The molecule has 14 heavy (non-hydrogen) atoms. The van der Waals surface area contributed by atoms with Gasteiger partial charge in [-0.05, 0) is 34.2 Å². The highest BCUT2D eigenvalue weighted by Gasteiger charge is 2.22. The molecular formula is C7H3ClF2INO2. The van der Waals surface area contributed by atoms with Crippen molar-refractivity contribution in [3.05, 3.63) is 31.2 Å². The zero-order chi connectivity index (χ0) is 10.9. The molecule has 0 saturated carbocycles. The minimum Gasteiger partial charge on any atom is -0.327 e. The van der Waals surface area contributed by atoms with Crippen LogP contribution in [0.3, 0.4) is 0 Å². The Labute approximate surface area is 95.6 Å². The van der Waals surface area contributed by atoms with Crippen LogP contribution in [0.25, 0.3) is 0 Å². The Morgan fingerprint density at radius 1 is 1.57 bits per heavy atom. The molecule has 0 aromatic carbocycles. The molecule has 0 saturated heterocycles. The fourth-order valence-electron chi connectivity index (χ4n) is 0.895. The highest BCUT2D eigenvalue weighted by molar-refractivity contribution is 14.1. The zero-order valence-electron chi connectivity index (χ0n) is 6.48. The molecule has 3 nitrogen and oxygen atoms in total. The molecule has 0 aliphatic heterocycles. The molecule has 0 aliphatic carbocycles. The second-order valence-corrected chi connectivity index (χ2v) is 3.76. The van der Waals surface area contributed by atoms with Gasteiger partial charge in [0.2, 0.25) is 0 Å². The van der Waals surface area contributed by atoms with Crippen molar-refractivity contribution in [3.63, 3.8) is 0 Å². The Balaban J connectivity index is 3.53. The summed E-state index contributed by atoms with van der Waals surface area (Å²) >= 11 is 6.52. The van der Waals surface area contributed by atoms with Crippen LogP contribution in [0.15, 0.2) is 11.0 Å². The second kappa shape index (κ2) is 4.35. The van der Waals surface area contributed by atoms with Crippen molar-refractivity contribution in [3.8, 4) is 0 Å². The number of aromatic nitrogens is 1. The molecule has 0 aliphatic rings. The number of hydrogen-bond acceptors (Lipinski definition) is 2. The van der Waals surface area contributed by atoms with Crippen LogP contribution in [0.5, 0.6) is 0 Å². The van der Waals surface area contributed by atoms with E-state index in [1.165, 1.54) is 22.6 Å². The quantitative estimate of drug-likeness (QED) is 0.667. The van der Waals surface area contributed by atoms with Crippen LogP contribution < -0.4 is 5.56 Å². The van der Waals surface area contributed by atoms with Crippen LogP contribution in [-0.2, 0) is 0 Å². The third-order valence-electron chi connectivity index (χ3n) is 1.50. The van der Waals surface area contributed by atoms with Crippen molar-refractivity contribution in [1.29, 1.82) is 0 Å². The number of nitrogens with one attached hydrogen (secondary N) is 1. The molecule has 1 heterocycles. The molecule has 1 aromatic rings. The number of H-pyrrole nitrogens is 1. The molecule has 0 radical (unpaired) electrons. The summed E-state index contributed by atoms with van der Waals surface area (Å²) in [5, 5.41) is -1.02. The predicted octanol–water partition coefficient (Wildman–Crippen LogP) is 2.30. The number of carbonyl (C=O) groups is 1. The van der Waals surface area contributed by atoms with Crippen molar-refractivity contribution in [2.24, 2.45) is 0 Å². The highest BCUT2D eigenvalue weighted by atomic mass is 127. The lowest BCUT2D eigenvalue weighted by atomic mass is 10.1. The molecule has 0 amide bonds. The van der Waals surface area contributed by atoms with Crippen molar-refractivity contribution in [1.82, 2.24) is 4.98 Å². The van der Waals surface area contributed by atoms with Gasteiger partial charge in [0.1, 0.15) is 0 Å². The lowest BCUT2D eigenvalue weighted by molar-refractivity contribution is 0.106. The molecule has 0 atom stereocenters. The molecule has 0 fully saturated rings. The van der Waals surface area contributed by atoms with E-state index < -0.39 is 22.8 Å². The Hall–Kier alpha value is -0.500. The number of rotatable bonds is 2. The largest absolute Gasteiger partial charge is 0.327 e. The molecule has 76 valence electrons. The van der Waals surface area contributed by atoms with Gasteiger partial charge in [-0.2, -0.15) is 0 Å². The first-order valence-electron chi connectivity index (χ1n) is 3.34. The minimum absolute atomic E-state index is 0.218. The summed E-state index contributed by atoms with van der Waals surface area (Å²) in [5.74, 6) is 0. The molecule has 1 aromatic heterocycles. The van der Waals surface area contributed by atoms with Gasteiger partial charge in [0, 0.05) is 6.20 Å². The summed E-state index contributed by atoms with van der Waals surface area (Å²) in [7, 11) is 0. The summed E-state index contributed by atoms with van der Waals surface area (Å²) in [5.41, 5.74) is -1.65. The standard InChI is InChI=1S/C7H3ClF2INO2/c8-5(13)2-1-12-7(14)4(11)3(2)6(9)10/h1,6H,(H,12,14). The lowest BCUT2D eigenvalue weighted by Gasteiger charge is -2.05. The van der Waals surface area contributed by atoms with Crippen LogP contribution in [-0.4, -0.2) is 10.2 Å².